The van der Waals surface area contributed by atoms with E-state index in [1.807, 2.05) is 20.8 Å². The van der Waals surface area contributed by atoms with Crippen LogP contribution < -0.4 is 11.4 Å². The molecule has 0 unspecified atom stereocenters. The number of benzene rings is 1. The zero-order valence-electron chi connectivity index (χ0n) is 22.6. The Hall–Kier alpha value is -1.77. The maximum Gasteiger partial charge on any atom is 0.475 e. The van der Waals surface area contributed by atoms with Crippen LogP contribution in [0, 0.1) is 5.82 Å². The Labute approximate surface area is 235 Å². The predicted octanol–water partition coefficient (Wildman–Crippen LogP) is 5.84. The van der Waals surface area contributed by atoms with E-state index in [1.54, 1.807) is 13.1 Å². The molecule has 1 aromatic heterocycles. The molecular formula is C24H32ClF3N3O7PSi. The number of rotatable bonds is 7. The van der Waals surface area contributed by atoms with Crippen molar-refractivity contribution in [3.8, 4) is 0 Å². The summed E-state index contributed by atoms with van der Waals surface area (Å²) in [6.45, 7) is 8.37. The number of hydrogen-bond donors (Lipinski definition) is 1. The van der Waals surface area contributed by atoms with Gasteiger partial charge in [-0.1, -0.05) is 44.5 Å². The summed E-state index contributed by atoms with van der Waals surface area (Å²) < 4.78 is 88.3. The molecule has 1 aromatic carbocycles. The molecular weight excluding hydrogens is 594 g/mol. The van der Waals surface area contributed by atoms with Crippen molar-refractivity contribution in [1.29, 1.82) is 0 Å². The lowest BCUT2D eigenvalue weighted by Gasteiger charge is -2.40. The molecule has 0 radical (unpaired) electrons. The zero-order valence-corrected chi connectivity index (χ0v) is 25.3. The molecule has 5 atom stereocenters. The highest BCUT2D eigenvalue weighted by atomic mass is 35.5. The fraction of sp³-hybridized carbons (Fsp3) is 0.583. The number of aromatic nitrogens is 2. The van der Waals surface area contributed by atoms with Crippen molar-refractivity contribution in [3.63, 3.8) is 0 Å². The second-order valence-electron chi connectivity index (χ2n) is 11.1. The Morgan fingerprint density at radius 1 is 1.30 bits per heavy atom. The molecule has 0 spiro atoms. The highest BCUT2D eigenvalue weighted by Crippen LogP contribution is 2.58. The molecule has 0 saturated carbocycles. The molecule has 2 aromatic rings. The minimum Gasteiger partial charge on any atom is -0.405 e. The lowest BCUT2D eigenvalue weighted by molar-refractivity contribution is -0.138. The van der Waals surface area contributed by atoms with Crippen LogP contribution in [0.25, 0.3) is 0 Å². The van der Waals surface area contributed by atoms with Crippen molar-refractivity contribution in [3.05, 3.63) is 57.3 Å². The third-order valence-corrected chi connectivity index (χ3v) is 13.5. The number of ether oxygens (including phenoxy) is 1. The Morgan fingerprint density at radius 3 is 2.65 bits per heavy atom. The van der Waals surface area contributed by atoms with Crippen molar-refractivity contribution in [2.24, 2.45) is 0 Å². The van der Waals surface area contributed by atoms with Crippen molar-refractivity contribution in [2.45, 2.75) is 75.8 Å². The van der Waals surface area contributed by atoms with Crippen LogP contribution in [0.4, 0.5) is 19.0 Å². The quantitative estimate of drug-likeness (QED) is 0.298. The summed E-state index contributed by atoms with van der Waals surface area (Å²) >= 11 is 5.87. The molecule has 2 aliphatic rings. The van der Waals surface area contributed by atoms with Gasteiger partial charge in [-0.25, -0.2) is 13.8 Å². The molecule has 2 aliphatic heterocycles. The summed E-state index contributed by atoms with van der Waals surface area (Å²) in [4.78, 5) is 15.9. The first-order valence-corrected chi connectivity index (χ1v) is 17.3. The Bertz CT molecular complexity index is 1360. The normalized spacial score (nSPS) is 29.0. The van der Waals surface area contributed by atoms with Gasteiger partial charge in [0.1, 0.15) is 23.8 Å². The average molecular weight is 626 g/mol. The fourth-order valence-corrected chi connectivity index (χ4v) is 6.94. The Balaban J connectivity index is 1.60. The predicted molar refractivity (Wildman–Crippen MR) is 143 cm³/mol. The lowest BCUT2D eigenvalue weighted by Crippen LogP contribution is -2.52. The molecule has 2 saturated heterocycles. The Kier molecular flexibility index (Phi) is 8.68. The van der Waals surface area contributed by atoms with Crippen LogP contribution in [0.3, 0.4) is 0 Å². The lowest BCUT2D eigenvalue weighted by atomic mass is 10.1. The van der Waals surface area contributed by atoms with Gasteiger partial charge >= 0.3 is 19.4 Å². The molecule has 40 heavy (non-hydrogen) atoms. The third kappa shape index (κ3) is 6.19. The topological polar surface area (TPSA) is 124 Å². The second-order valence-corrected chi connectivity index (χ2v) is 17.9. The highest BCUT2D eigenvalue weighted by molar-refractivity contribution is 7.48. The second kappa shape index (κ2) is 11.1. The SMILES string of the molecule is CC(C)(C)[Si](C)(C)O[C@@H]1[C@@H](CO[P@]2(=O)OCC[C@H](c3cccc(Cl)c3F)O2)O[C@@H](n2ccc(N)nc2=O)C1(F)F. The Morgan fingerprint density at radius 2 is 2.00 bits per heavy atom. The molecule has 10 nitrogen and oxygen atoms in total. The molecule has 2 N–H and O–H groups in total. The monoisotopic (exact) mass is 625 g/mol. The largest absolute Gasteiger partial charge is 0.475 e. The number of hydrogen-bond acceptors (Lipinski definition) is 9. The van der Waals surface area contributed by atoms with Gasteiger partial charge in [-0.15, -0.1) is 0 Å². The minimum absolute atomic E-state index is 0.0534. The molecule has 2 fully saturated rings. The number of anilines is 1. The van der Waals surface area contributed by atoms with Gasteiger partial charge in [-0.05, 0) is 30.3 Å². The van der Waals surface area contributed by atoms with Gasteiger partial charge in [0.25, 0.3) is 0 Å². The first kappa shape index (κ1) is 31.2. The molecule has 0 aliphatic carbocycles. The summed E-state index contributed by atoms with van der Waals surface area (Å²) in [5.41, 5.74) is 4.52. The van der Waals surface area contributed by atoms with Crippen molar-refractivity contribution >= 4 is 33.6 Å². The summed E-state index contributed by atoms with van der Waals surface area (Å²) in [5, 5.41) is -0.600. The zero-order chi connectivity index (χ0) is 29.7. The number of alkyl halides is 2. The van der Waals surface area contributed by atoms with Gasteiger partial charge in [-0.2, -0.15) is 13.8 Å². The number of phosphoric ester groups is 1. The van der Waals surface area contributed by atoms with E-state index in [4.69, 9.17) is 40.1 Å². The highest BCUT2D eigenvalue weighted by Gasteiger charge is 2.63. The molecule has 4 rings (SSSR count). The number of nitrogen functional groups attached to an aromatic ring is 1. The molecule has 16 heteroatoms. The van der Waals surface area contributed by atoms with Crippen LogP contribution in [0.1, 0.15) is 45.1 Å². The van der Waals surface area contributed by atoms with Crippen molar-refractivity contribution < 1.29 is 40.5 Å². The van der Waals surface area contributed by atoms with Crippen LogP contribution in [0.2, 0.25) is 23.2 Å². The summed E-state index contributed by atoms with van der Waals surface area (Å²) in [5.74, 6) is -4.62. The molecule has 222 valence electrons. The number of nitrogens with zero attached hydrogens (tertiary/aromatic N) is 2. The smallest absolute Gasteiger partial charge is 0.405 e. The van der Waals surface area contributed by atoms with Gasteiger partial charge in [0.05, 0.1) is 24.3 Å². The molecule has 0 bridgehead atoms. The van der Waals surface area contributed by atoms with Gasteiger partial charge < -0.3 is 14.9 Å². The molecule has 3 heterocycles. The van der Waals surface area contributed by atoms with Gasteiger partial charge in [0.2, 0.25) is 6.23 Å². The summed E-state index contributed by atoms with van der Waals surface area (Å²) in [7, 11) is -7.19. The number of nitrogens with two attached hydrogens (primary N) is 1. The van der Waals surface area contributed by atoms with Gasteiger partial charge in [0, 0.05) is 18.2 Å². The maximum absolute atomic E-state index is 15.9. The van der Waals surface area contributed by atoms with E-state index >= 15 is 8.78 Å². The van der Waals surface area contributed by atoms with E-state index < -0.39 is 69.8 Å². The minimum atomic E-state index is -4.36. The summed E-state index contributed by atoms with van der Waals surface area (Å²) in [6.07, 6.45) is -5.32. The van der Waals surface area contributed by atoms with Crippen LogP contribution >= 0.6 is 19.4 Å². The van der Waals surface area contributed by atoms with Crippen LogP contribution in [-0.2, 0) is 27.3 Å². The van der Waals surface area contributed by atoms with Gasteiger partial charge in [-0.3, -0.25) is 18.1 Å². The fourth-order valence-electron chi connectivity index (χ4n) is 4.07. The molecule has 0 amide bonds. The van der Waals surface area contributed by atoms with Crippen LogP contribution in [0.5, 0.6) is 0 Å². The van der Waals surface area contributed by atoms with E-state index in [0.717, 1.165) is 6.20 Å². The van der Waals surface area contributed by atoms with Gasteiger partial charge in [0.15, 0.2) is 8.32 Å². The van der Waals surface area contributed by atoms with E-state index in [1.165, 1.54) is 24.3 Å². The van der Waals surface area contributed by atoms with Crippen molar-refractivity contribution in [2.75, 3.05) is 18.9 Å². The van der Waals surface area contributed by atoms with E-state index in [0.29, 0.717) is 4.57 Å². The van der Waals surface area contributed by atoms with E-state index in [-0.39, 0.29) is 29.4 Å². The van der Waals surface area contributed by atoms with Crippen LogP contribution in [-0.4, -0.2) is 49.2 Å². The van der Waals surface area contributed by atoms with Crippen molar-refractivity contribution in [1.82, 2.24) is 9.55 Å². The van der Waals surface area contributed by atoms with E-state index in [2.05, 4.69) is 4.98 Å². The third-order valence-electron chi connectivity index (χ3n) is 7.29. The van der Waals surface area contributed by atoms with Crippen LogP contribution in [0.15, 0.2) is 35.3 Å². The average Bonchev–Trinajstić information content (AvgIpc) is 3.08. The summed E-state index contributed by atoms with van der Waals surface area (Å²) in [6, 6.07) is 5.48. The van der Waals surface area contributed by atoms with E-state index in [9.17, 15) is 13.8 Å². The standard InChI is InChI=1S/C24H32ClF3N3O7PSi/c1-23(2,3)40(4,5)38-20-17(36-21(24(20,27)28)31-11-9-18(29)30-22(31)32)13-35-39(33)34-12-10-16(37-39)14-7-6-8-15(25)19(14)26/h6-9,11,16-17,20-21H,10,12-13H2,1-5H3,(H2,29,30,32)/t16-,17-,20-,21-,39+/m1/s1. The number of phosphoric acid groups is 1. The first-order chi connectivity index (χ1) is 18.4. The maximum atomic E-state index is 15.9. The number of halogens is 4. The first-order valence-electron chi connectivity index (χ1n) is 12.5.